The fourth-order valence-electron chi connectivity index (χ4n) is 2.12. The van der Waals surface area contributed by atoms with Crippen molar-refractivity contribution in [2.24, 2.45) is 5.92 Å². The topological polar surface area (TPSA) is 72.2 Å². The van der Waals surface area contributed by atoms with E-state index in [1.807, 2.05) is 6.92 Å². The number of hydrogen-bond donors (Lipinski definition) is 2. The van der Waals surface area contributed by atoms with Crippen LogP contribution in [0, 0.1) is 11.7 Å². The third kappa shape index (κ3) is 3.71. The Labute approximate surface area is 127 Å². The first kappa shape index (κ1) is 15.7. The van der Waals surface area contributed by atoms with Crippen LogP contribution < -0.4 is 10.5 Å². The highest BCUT2D eigenvalue weighted by molar-refractivity contribution is 9.10. The molecule has 0 bridgehead atoms. The van der Waals surface area contributed by atoms with Crippen LogP contribution in [0.1, 0.15) is 32.6 Å². The lowest BCUT2D eigenvalue weighted by molar-refractivity contribution is 0.490. The Hall–Kier alpha value is -0.660. The molecule has 2 rings (SSSR count). The molecule has 1 fully saturated rings. The molecule has 7 heteroatoms. The summed E-state index contributed by atoms with van der Waals surface area (Å²) in [6.45, 7) is 1.92. The van der Waals surface area contributed by atoms with Gasteiger partial charge in [0.15, 0.2) is 5.82 Å². The summed E-state index contributed by atoms with van der Waals surface area (Å²) in [5.41, 5.74) is 5.79. The molecule has 0 spiro atoms. The standard InChI is InChI=1S/C13H18BrFN2O2S/c1-2-10(5-8-3-4-8)17-20(18,19)12-7-9(16)6-11(14)13(12)15/h6-8,10,17H,2-5,16H2,1H3. The molecular formula is C13H18BrFN2O2S. The van der Waals surface area contributed by atoms with Gasteiger partial charge in [-0.2, -0.15) is 0 Å². The Bertz CT molecular complexity index is 603. The fraction of sp³-hybridized carbons (Fsp3) is 0.538. The highest BCUT2D eigenvalue weighted by Gasteiger charge is 2.29. The third-order valence-corrected chi connectivity index (χ3v) is 5.53. The van der Waals surface area contributed by atoms with Crippen molar-refractivity contribution in [2.45, 2.75) is 43.5 Å². The number of hydrogen-bond acceptors (Lipinski definition) is 3. The van der Waals surface area contributed by atoms with Gasteiger partial charge in [0.05, 0.1) is 4.47 Å². The normalized spacial score (nSPS) is 17.1. The molecule has 0 aliphatic heterocycles. The molecule has 3 N–H and O–H groups in total. The lowest BCUT2D eigenvalue weighted by Crippen LogP contribution is -2.35. The molecule has 1 aliphatic rings. The molecule has 112 valence electrons. The molecule has 1 atom stereocenters. The van der Waals surface area contributed by atoms with E-state index in [0.29, 0.717) is 12.3 Å². The fourth-order valence-corrected chi connectivity index (χ4v) is 4.19. The molecule has 20 heavy (non-hydrogen) atoms. The van der Waals surface area contributed by atoms with Crippen LogP contribution in [0.15, 0.2) is 21.5 Å². The van der Waals surface area contributed by atoms with Crippen molar-refractivity contribution in [3.63, 3.8) is 0 Å². The van der Waals surface area contributed by atoms with E-state index in [2.05, 4.69) is 20.7 Å². The number of nitrogen functional groups attached to an aromatic ring is 1. The summed E-state index contributed by atoms with van der Waals surface area (Å²) >= 11 is 2.98. The second-order valence-corrected chi connectivity index (χ2v) is 7.76. The highest BCUT2D eigenvalue weighted by Crippen LogP contribution is 2.34. The van der Waals surface area contributed by atoms with Crippen LogP contribution in [0.3, 0.4) is 0 Å². The molecule has 1 aliphatic carbocycles. The van der Waals surface area contributed by atoms with Gasteiger partial charge in [-0.25, -0.2) is 17.5 Å². The predicted octanol–water partition coefficient (Wildman–Crippen LogP) is 3.03. The molecule has 0 radical (unpaired) electrons. The van der Waals surface area contributed by atoms with Crippen LogP contribution >= 0.6 is 15.9 Å². The molecular weight excluding hydrogens is 347 g/mol. The van der Waals surface area contributed by atoms with Gasteiger partial charge in [-0.3, -0.25) is 0 Å². The van der Waals surface area contributed by atoms with E-state index >= 15 is 0 Å². The van der Waals surface area contributed by atoms with E-state index in [4.69, 9.17) is 5.73 Å². The molecule has 1 unspecified atom stereocenters. The van der Waals surface area contributed by atoms with Crippen LogP contribution in [-0.2, 0) is 10.0 Å². The van der Waals surface area contributed by atoms with Crippen molar-refractivity contribution in [1.29, 1.82) is 0 Å². The maximum absolute atomic E-state index is 14.0. The summed E-state index contributed by atoms with van der Waals surface area (Å²) in [6.07, 6.45) is 3.79. The summed E-state index contributed by atoms with van der Waals surface area (Å²) in [5.74, 6) is -0.215. The lowest BCUT2D eigenvalue weighted by atomic mass is 10.1. The number of benzene rings is 1. The van der Waals surface area contributed by atoms with Gasteiger partial charge < -0.3 is 5.73 Å². The predicted molar refractivity (Wildman–Crippen MR) is 80.3 cm³/mol. The first-order valence-corrected chi connectivity index (χ1v) is 8.88. The van der Waals surface area contributed by atoms with Gasteiger partial charge in [-0.1, -0.05) is 19.8 Å². The zero-order valence-corrected chi connectivity index (χ0v) is 13.6. The second-order valence-electron chi connectivity index (χ2n) is 5.22. The number of nitrogens with one attached hydrogen (secondary N) is 1. The SMILES string of the molecule is CCC(CC1CC1)NS(=O)(=O)c1cc(N)cc(Br)c1F. The smallest absolute Gasteiger partial charge is 0.243 e. The summed E-state index contributed by atoms with van der Waals surface area (Å²) in [4.78, 5) is -0.404. The van der Waals surface area contributed by atoms with Gasteiger partial charge in [0.25, 0.3) is 0 Å². The number of nitrogens with two attached hydrogens (primary N) is 1. The average molecular weight is 365 g/mol. The van der Waals surface area contributed by atoms with Crippen molar-refractivity contribution in [3.8, 4) is 0 Å². The minimum absolute atomic E-state index is 0.0492. The monoisotopic (exact) mass is 364 g/mol. The van der Waals surface area contributed by atoms with Crippen molar-refractivity contribution < 1.29 is 12.8 Å². The zero-order chi connectivity index (χ0) is 14.9. The Balaban J connectivity index is 2.24. The molecule has 1 saturated carbocycles. The Kier molecular flexibility index (Phi) is 4.71. The van der Waals surface area contributed by atoms with E-state index in [1.165, 1.54) is 6.07 Å². The van der Waals surface area contributed by atoms with E-state index in [-0.39, 0.29) is 16.2 Å². The van der Waals surface area contributed by atoms with E-state index in [0.717, 1.165) is 25.3 Å². The summed E-state index contributed by atoms with van der Waals surface area (Å²) in [6, 6.07) is 2.33. The van der Waals surface area contributed by atoms with Crippen molar-refractivity contribution in [1.82, 2.24) is 4.72 Å². The van der Waals surface area contributed by atoms with Gasteiger partial charge in [0.1, 0.15) is 4.90 Å². The quantitative estimate of drug-likeness (QED) is 0.762. The molecule has 0 saturated heterocycles. The van der Waals surface area contributed by atoms with Gasteiger partial charge >= 0.3 is 0 Å². The highest BCUT2D eigenvalue weighted by atomic mass is 79.9. The largest absolute Gasteiger partial charge is 0.399 e. The van der Waals surface area contributed by atoms with Gasteiger partial charge in [-0.05, 0) is 46.8 Å². The number of rotatable bonds is 6. The molecule has 1 aromatic carbocycles. The molecule has 1 aromatic rings. The Morgan fingerprint density at radius 1 is 1.50 bits per heavy atom. The zero-order valence-electron chi connectivity index (χ0n) is 11.2. The lowest BCUT2D eigenvalue weighted by Gasteiger charge is -2.17. The maximum Gasteiger partial charge on any atom is 0.243 e. The van der Waals surface area contributed by atoms with Crippen LogP contribution in [0.4, 0.5) is 10.1 Å². The minimum atomic E-state index is -3.90. The third-order valence-electron chi connectivity index (χ3n) is 3.44. The minimum Gasteiger partial charge on any atom is -0.399 e. The van der Waals surface area contributed by atoms with Gasteiger partial charge in [-0.15, -0.1) is 0 Å². The summed E-state index contributed by atoms with van der Waals surface area (Å²) < 4.78 is 41.2. The number of anilines is 1. The van der Waals surface area contributed by atoms with Crippen LogP contribution in [0.5, 0.6) is 0 Å². The Morgan fingerprint density at radius 3 is 2.70 bits per heavy atom. The molecule has 0 heterocycles. The van der Waals surface area contributed by atoms with Crippen molar-refractivity contribution in [3.05, 3.63) is 22.4 Å². The van der Waals surface area contributed by atoms with Gasteiger partial charge in [0, 0.05) is 11.7 Å². The molecule has 0 aromatic heterocycles. The van der Waals surface area contributed by atoms with Crippen LogP contribution in [-0.4, -0.2) is 14.5 Å². The van der Waals surface area contributed by atoms with E-state index in [9.17, 15) is 12.8 Å². The second kappa shape index (κ2) is 5.99. The van der Waals surface area contributed by atoms with Crippen LogP contribution in [0.2, 0.25) is 0 Å². The van der Waals surface area contributed by atoms with Crippen LogP contribution in [0.25, 0.3) is 0 Å². The van der Waals surface area contributed by atoms with E-state index in [1.54, 1.807) is 0 Å². The average Bonchev–Trinajstić information content (AvgIpc) is 3.16. The van der Waals surface area contributed by atoms with Crippen molar-refractivity contribution >= 4 is 31.6 Å². The van der Waals surface area contributed by atoms with Gasteiger partial charge in [0.2, 0.25) is 10.0 Å². The molecule has 0 amide bonds. The summed E-state index contributed by atoms with van der Waals surface area (Å²) in [5, 5.41) is 0. The number of halogens is 2. The van der Waals surface area contributed by atoms with Crippen molar-refractivity contribution in [2.75, 3.05) is 5.73 Å². The Morgan fingerprint density at radius 2 is 2.15 bits per heavy atom. The van der Waals surface area contributed by atoms with E-state index < -0.39 is 20.7 Å². The maximum atomic E-state index is 14.0. The number of sulfonamides is 1. The molecule has 4 nitrogen and oxygen atoms in total. The summed E-state index contributed by atoms with van der Waals surface area (Å²) in [7, 11) is -3.90. The first-order valence-electron chi connectivity index (χ1n) is 6.60. The first-order chi connectivity index (χ1) is 9.33.